The lowest BCUT2D eigenvalue weighted by molar-refractivity contribution is 0.0486. The van der Waals surface area contributed by atoms with Gasteiger partial charge in [0.05, 0.1) is 0 Å². The molecule has 1 fully saturated rings. The van der Waals surface area contributed by atoms with E-state index < -0.39 is 0 Å². The topological polar surface area (TPSA) is 74.6 Å². The molecule has 0 radical (unpaired) electrons. The number of ether oxygens (including phenoxy) is 3. The highest BCUT2D eigenvalue weighted by Crippen LogP contribution is 2.40. The number of aromatic nitrogens is 2. The number of amides is 1. The van der Waals surface area contributed by atoms with Gasteiger partial charge in [-0.05, 0) is 55.0 Å². The summed E-state index contributed by atoms with van der Waals surface area (Å²) in [5.74, 6) is 1.43. The maximum absolute atomic E-state index is 13.1. The quantitative estimate of drug-likeness (QED) is 0.575. The molecule has 3 heterocycles. The van der Waals surface area contributed by atoms with E-state index in [9.17, 15) is 4.79 Å². The second-order valence-electron chi connectivity index (χ2n) is 7.98. The van der Waals surface area contributed by atoms with Crippen LogP contribution in [-0.2, 0) is 10.2 Å². The summed E-state index contributed by atoms with van der Waals surface area (Å²) >= 11 is 1.57. The molecule has 0 aliphatic carbocycles. The molecule has 7 nitrogen and oxygen atoms in total. The largest absolute Gasteiger partial charge is 0.454 e. The van der Waals surface area contributed by atoms with Gasteiger partial charge in [-0.2, -0.15) is 0 Å². The fraction of sp³-hybridized carbons (Fsp3) is 0.333. The van der Waals surface area contributed by atoms with E-state index in [1.54, 1.807) is 18.0 Å². The Bertz CT molecular complexity index is 1120. The third-order valence-electron chi connectivity index (χ3n) is 6.20. The lowest BCUT2D eigenvalue weighted by atomic mass is 9.74. The lowest BCUT2D eigenvalue weighted by Crippen LogP contribution is -2.44. The first-order chi connectivity index (χ1) is 15.7. The van der Waals surface area contributed by atoms with Gasteiger partial charge in [0.25, 0.3) is 5.91 Å². The fourth-order valence-corrected chi connectivity index (χ4v) is 4.87. The van der Waals surface area contributed by atoms with E-state index in [1.165, 1.54) is 0 Å². The number of fused-ring (bicyclic) bond motifs is 1. The van der Waals surface area contributed by atoms with Gasteiger partial charge in [0.15, 0.2) is 16.7 Å². The van der Waals surface area contributed by atoms with Gasteiger partial charge in [-0.15, -0.1) is 0 Å². The maximum Gasteiger partial charge on any atom is 0.251 e. The van der Waals surface area contributed by atoms with Crippen LogP contribution >= 0.6 is 11.8 Å². The number of hydrogen-bond acceptors (Lipinski definition) is 6. The molecule has 2 aromatic carbocycles. The van der Waals surface area contributed by atoms with Crippen LogP contribution in [0.3, 0.4) is 0 Å². The first kappa shape index (κ1) is 20.9. The molecule has 0 saturated carbocycles. The Morgan fingerprint density at radius 1 is 1.16 bits per heavy atom. The summed E-state index contributed by atoms with van der Waals surface area (Å²) in [6.45, 7) is 2.10. The second-order valence-corrected chi connectivity index (χ2v) is 8.75. The molecule has 0 spiro atoms. The molecular formula is C24H25N3O4S. The first-order valence-electron chi connectivity index (χ1n) is 10.6. The minimum absolute atomic E-state index is 0.0933. The molecule has 1 N–H and O–H groups in total. The van der Waals surface area contributed by atoms with Crippen molar-refractivity contribution in [1.82, 2.24) is 14.9 Å². The van der Waals surface area contributed by atoms with Gasteiger partial charge >= 0.3 is 0 Å². The van der Waals surface area contributed by atoms with Crippen molar-refractivity contribution in [3.8, 4) is 17.2 Å². The minimum atomic E-state index is -0.205. The molecule has 2 aliphatic heterocycles. The molecule has 0 bridgehead atoms. The molecule has 1 saturated heterocycles. The van der Waals surface area contributed by atoms with Crippen molar-refractivity contribution in [2.75, 3.05) is 32.8 Å². The normalized spacial score (nSPS) is 16.7. The summed E-state index contributed by atoms with van der Waals surface area (Å²) in [6, 6.07) is 13.7. The van der Waals surface area contributed by atoms with Crippen molar-refractivity contribution < 1.29 is 19.0 Å². The summed E-state index contributed by atoms with van der Waals surface area (Å²) in [5.41, 5.74) is 2.47. The fourth-order valence-electron chi connectivity index (χ4n) is 4.34. The number of carbonyl (C=O) groups excluding carboxylic acids is 1. The van der Waals surface area contributed by atoms with E-state index in [0.29, 0.717) is 25.3 Å². The summed E-state index contributed by atoms with van der Waals surface area (Å²) in [6.07, 6.45) is 7.31. The molecule has 32 heavy (non-hydrogen) atoms. The highest BCUT2D eigenvalue weighted by atomic mass is 32.2. The zero-order valence-electron chi connectivity index (χ0n) is 17.9. The molecule has 5 rings (SSSR count). The molecule has 1 aromatic heterocycles. The van der Waals surface area contributed by atoms with E-state index in [-0.39, 0.29) is 18.1 Å². The van der Waals surface area contributed by atoms with Crippen LogP contribution < -0.4 is 14.8 Å². The standard InChI is InChI=1S/C24H25N3O4S/c1-32-23-25-9-10-27(23)19-4-2-3-17(13-19)22(28)26-15-24(7-11-29-12-8-24)18-5-6-20-21(14-18)31-16-30-20/h2-6,9-10,13-14H,7-8,11-12,15-16H2,1H3,(H,26,28). The second kappa shape index (κ2) is 8.88. The Labute approximate surface area is 191 Å². The number of hydrogen-bond donors (Lipinski definition) is 1. The van der Waals surface area contributed by atoms with Crippen molar-refractivity contribution in [3.05, 3.63) is 66.0 Å². The third kappa shape index (κ3) is 3.96. The van der Waals surface area contributed by atoms with Gasteiger partial charge in [0.2, 0.25) is 6.79 Å². The van der Waals surface area contributed by atoms with Gasteiger partial charge in [-0.3, -0.25) is 9.36 Å². The van der Waals surface area contributed by atoms with Gasteiger partial charge in [-0.25, -0.2) is 4.98 Å². The number of thioether (sulfide) groups is 1. The monoisotopic (exact) mass is 451 g/mol. The van der Waals surface area contributed by atoms with Crippen molar-refractivity contribution in [2.45, 2.75) is 23.4 Å². The number of rotatable bonds is 6. The zero-order valence-corrected chi connectivity index (χ0v) is 18.7. The highest BCUT2D eigenvalue weighted by Gasteiger charge is 2.36. The van der Waals surface area contributed by atoms with E-state index in [0.717, 1.165) is 40.7 Å². The first-order valence-corrected chi connectivity index (χ1v) is 11.8. The van der Waals surface area contributed by atoms with Crippen LogP contribution in [0.25, 0.3) is 5.69 Å². The molecule has 0 atom stereocenters. The highest BCUT2D eigenvalue weighted by molar-refractivity contribution is 7.98. The van der Waals surface area contributed by atoms with Crippen LogP contribution in [0.5, 0.6) is 11.5 Å². The van der Waals surface area contributed by atoms with Crippen LogP contribution in [0, 0.1) is 0 Å². The number of carbonyl (C=O) groups is 1. The van der Waals surface area contributed by atoms with E-state index >= 15 is 0 Å². The molecule has 166 valence electrons. The predicted octanol–water partition coefficient (Wildman–Crippen LogP) is 3.80. The van der Waals surface area contributed by atoms with E-state index in [2.05, 4.69) is 16.4 Å². The Hall–Kier alpha value is -2.97. The zero-order chi connectivity index (χ0) is 22.0. The lowest BCUT2D eigenvalue weighted by Gasteiger charge is -2.38. The van der Waals surface area contributed by atoms with Gasteiger partial charge in [-0.1, -0.05) is 23.9 Å². The van der Waals surface area contributed by atoms with Crippen LogP contribution in [0.15, 0.2) is 60.0 Å². The Morgan fingerprint density at radius 3 is 2.84 bits per heavy atom. The number of nitrogens with zero attached hydrogens (tertiary/aromatic N) is 2. The average Bonchev–Trinajstić information content (AvgIpc) is 3.52. The third-order valence-corrected chi connectivity index (χ3v) is 6.87. The summed E-state index contributed by atoms with van der Waals surface area (Å²) in [5, 5.41) is 4.06. The van der Waals surface area contributed by atoms with Crippen molar-refractivity contribution in [2.24, 2.45) is 0 Å². The van der Waals surface area contributed by atoms with E-state index in [1.807, 2.05) is 53.4 Å². The van der Waals surface area contributed by atoms with Crippen LogP contribution in [0.1, 0.15) is 28.8 Å². The Morgan fingerprint density at radius 2 is 2.00 bits per heavy atom. The minimum Gasteiger partial charge on any atom is -0.454 e. The number of benzene rings is 2. The van der Waals surface area contributed by atoms with Crippen LogP contribution in [0.4, 0.5) is 0 Å². The van der Waals surface area contributed by atoms with Crippen LogP contribution in [0.2, 0.25) is 0 Å². The summed E-state index contributed by atoms with van der Waals surface area (Å²) in [7, 11) is 0. The number of imidazole rings is 1. The van der Waals surface area contributed by atoms with Crippen LogP contribution in [-0.4, -0.2) is 48.3 Å². The number of nitrogens with one attached hydrogen (secondary N) is 1. The van der Waals surface area contributed by atoms with E-state index in [4.69, 9.17) is 14.2 Å². The molecule has 0 unspecified atom stereocenters. The Kier molecular flexibility index (Phi) is 5.80. The van der Waals surface area contributed by atoms with Crippen molar-refractivity contribution in [1.29, 1.82) is 0 Å². The molecule has 1 amide bonds. The van der Waals surface area contributed by atoms with Gasteiger partial charge < -0.3 is 19.5 Å². The van der Waals surface area contributed by atoms with Gasteiger partial charge in [0, 0.05) is 48.8 Å². The maximum atomic E-state index is 13.1. The summed E-state index contributed by atoms with van der Waals surface area (Å²) < 4.78 is 18.7. The van der Waals surface area contributed by atoms with Crippen molar-refractivity contribution in [3.63, 3.8) is 0 Å². The average molecular weight is 452 g/mol. The molecule has 3 aromatic rings. The molecule has 8 heteroatoms. The van der Waals surface area contributed by atoms with Gasteiger partial charge in [0.1, 0.15) is 0 Å². The predicted molar refractivity (Wildman–Crippen MR) is 122 cm³/mol. The molecular weight excluding hydrogens is 426 g/mol. The summed E-state index contributed by atoms with van der Waals surface area (Å²) in [4.78, 5) is 17.5. The molecule has 2 aliphatic rings. The Balaban J connectivity index is 1.36. The van der Waals surface area contributed by atoms with Crippen molar-refractivity contribution >= 4 is 17.7 Å². The SMILES string of the molecule is CSc1nccn1-c1cccc(C(=O)NCC2(c3ccc4c(c3)OCO4)CCOCC2)c1. The smallest absolute Gasteiger partial charge is 0.251 e.